The average molecular weight is 265 g/mol. The molecule has 1 aromatic rings. The smallest absolute Gasteiger partial charge is 0.127 e. The molecule has 1 fully saturated rings. The highest BCUT2D eigenvalue weighted by Crippen LogP contribution is 2.42. The summed E-state index contributed by atoms with van der Waals surface area (Å²) in [6.45, 7) is 4.21. The molecule has 0 radical (unpaired) electrons. The van der Waals surface area contributed by atoms with Crippen LogP contribution in [-0.2, 0) is 5.54 Å². The van der Waals surface area contributed by atoms with Crippen LogP contribution in [0.5, 0.6) is 5.75 Å². The molecule has 106 valence electrons. The number of methoxy groups -OCH3 is 1. The minimum Gasteiger partial charge on any atom is -0.496 e. The molecule has 2 rings (SSSR count). The third-order valence-corrected chi connectivity index (χ3v) is 4.19. The summed E-state index contributed by atoms with van der Waals surface area (Å²) in [5.41, 5.74) is 8.20. The van der Waals surface area contributed by atoms with E-state index in [0.29, 0.717) is 5.75 Å². The van der Waals surface area contributed by atoms with E-state index in [1.807, 2.05) is 0 Å². The summed E-state index contributed by atoms with van der Waals surface area (Å²) in [6, 6.07) is 3.08. The monoisotopic (exact) mass is 265 g/mol. The SMILES string of the molecule is COc1cc(F)cc(C2(N)CCCCC2)c1C(C)C. The first-order valence-electron chi connectivity index (χ1n) is 7.15. The summed E-state index contributed by atoms with van der Waals surface area (Å²) in [6.07, 6.45) is 5.32. The van der Waals surface area contributed by atoms with Crippen LogP contribution < -0.4 is 10.5 Å². The number of benzene rings is 1. The lowest BCUT2D eigenvalue weighted by atomic mass is 9.74. The van der Waals surface area contributed by atoms with E-state index in [9.17, 15) is 4.39 Å². The predicted octanol–water partition coefficient (Wildman–Crippen LogP) is 4.08. The molecule has 3 heteroatoms. The quantitative estimate of drug-likeness (QED) is 0.894. The largest absolute Gasteiger partial charge is 0.496 e. The molecule has 0 aliphatic heterocycles. The van der Waals surface area contributed by atoms with Crippen molar-refractivity contribution in [2.45, 2.75) is 57.4 Å². The Morgan fingerprint density at radius 1 is 1.21 bits per heavy atom. The van der Waals surface area contributed by atoms with E-state index in [4.69, 9.17) is 10.5 Å². The highest BCUT2D eigenvalue weighted by molar-refractivity contribution is 5.46. The minimum atomic E-state index is -0.396. The van der Waals surface area contributed by atoms with E-state index in [1.165, 1.54) is 12.5 Å². The van der Waals surface area contributed by atoms with Crippen molar-refractivity contribution in [2.75, 3.05) is 7.11 Å². The molecule has 1 aromatic carbocycles. The van der Waals surface area contributed by atoms with Crippen molar-refractivity contribution >= 4 is 0 Å². The van der Waals surface area contributed by atoms with Gasteiger partial charge in [-0.05, 0) is 30.4 Å². The molecule has 1 saturated carbocycles. The van der Waals surface area contributed by atoms with Gasteiger partial charge in [0.15, 0.2) is 0 Å². The molecule has 0 bridgehead atoms. The van der Waals surface area contributed by atoms with Crippen molar-refractivity contribution in [3.05, 3.63) is 29.1 Å². The van der Waals surface area contributed by atoms with E-state index in [1.54, 1.807) is 13.2 Å². The Kier molecular flexibility index (Phi) is 4.14. The van der Waals surface area contributed by atoms with Crippen molar-refractivity contribution in [1.29, 1.82) is 0 Å². The van der Waals surface area contributed by atoms with Crippen LogP contribution in [0.3, 0.4) is 0 Å². The van der Waals surface area contributed by atoms with Crippen LogP contribution in [0.25, 0.3) is 0 Å². The van der Waals surface area contributed by atoms with Gasteiger partial charge in [0.1, 0.15) is 11.6 Å². The highest BCUT2D eigenvalue weighted by Gasteiger charge is 2.33. The maximum absolute atomic E-state index is 13.8. The molecule has 2 N–H and O–H groups in total. The zero-order chi connectivity index (χ0) is 14.0. The molecule has 1 aliphatic rings. The number of ether oxygens (including phenoxy) is 1. The minimum absolute atomic E-state index is 0.258. The Bertz CT molecular complexity index is 450. The van der Waals surface area contributed by atoms with Gasteiger partial charge in [-0.25, -0.2) is 4.39 Å². The Hall–Kier alpha value is -1.09. The summed E-state index contributed by atoms with van der Waals surface area (Å²) < 4.78 is 19.2. The van der Waals surface area contributed by atoms with Crippen molar-refractivity contribution in [1.82, 2.24) is 0 Å². The second kappa shape index (κ2) is 5.49. The summed E-state index contributed by atoms with van der Waals surface area (Å²) >= 11 is 0. The second-order valence-electron chi connectivity index (χ2n) is 5.94. The number of hydrogen-bond acceptors (Lipinski definition) is 2. The van der Waals surface area contributed by atoms with Crippen LogP contribution in [0.2, 0.25) is 0 Å². The van der Waals surface area contributed by atoms with Gasteiger partial charge in [-0.3, -0.25) is 0 Å². The molecule has 19 heavy (non-hydrogen) atoms. The predicted molar refractivity (Wildman–Crippen MR) is 76.0 cm³/mol. The van der Waals surface area contributed by atoms with E-state index >= 15 is 0 Å². The number of nitrogens with two attached hydrogens (primary N) is 1. The van der Waals surface area contributed by atoms with Gasteiger partial charge in [-0.1, -0.05) is 33.1 Å². The Morgan fingerprint density at radius 2 is 1.84 bits per heavy atom. The van der Waals surface area contributed by atoms with E-state index in [2.05, 4.69) is 13.8 Å². The third-order valence-electron chi connectivity index (χ3n) is 4.19. The van der Waals surface area contributed by atoms with Crippen LogP contribution in [0.15, 0.2) is 12.1 Å². The van der Waals surface area contributed by atoms with Gasteiger partial charge in [0.25, 0.3) is 0 Å². The van der Waals surface area contributed by atoms with Gasteiger partial charge < -0.3 is 10.5 Å². The number of hydrogen-bond donors (Lipinski definition) is 1. The van der Waals surface area contributed by atoms with Crippen LogP contribution in [-0.4, -0.2) is 7.11 Å². The lowest BCUT2D eigenvalue weighted by molar-refractivity contribution is 0.296. The fraction of sp³-hybridized carbons (Fsp3) is 0.625. The topological polar surface area (TPSA) is 35.2 Å². The zero-order valence-corrected chi connectivity index (χ0v) is 12.1. The first kappa shape index (κ1) is 14.3. The van der Waals surface area contributed by atoms with Gasteiger partial charge in [0.2, 0.25) is 0 Å². The third kappa shape index (κ3) is 2.76. The van der Waals surface area contributed by atoms with Crippen molar-refractivity contribution < 1.29 is 9.13 Å². The fourth-order valence-corrected chi connectivity index (χ4v) is 3.22. The Labute approximate surface area is 115 Å². The maximum Gasteiger partial charge on any atom is 0.127 e. The van der Waals surface area contributed by atoms with E-state index < -0.39 is 5.54 Å². The second-order valence-corrected chi connectivity index (χ2v) is 5.94. The molecular weight excluding hydrogens is 241 g/mol. The summed E-state index contributed by atoms with van der Waals surface area (Å²) in [4.78, 5) is 0. The summed E-state index contributed by atoms with van der Waals surface area (Å²) in [5, 5.41) is 0. The first-order chi connectivity index (χ1) is 8.98. The maximum atomic E-state index is 13.8. The standard InChI is InChI=1S/C16H24FNO/c1-11(2)15-13(9-12(17)10-14(15)19-3)16(18)7-5-4-6-8-16/h9-11H,4-8,18H2,1-3H3. The summed E-state index contributed by atoms with van der Waals surface area (Å²) in [7, 11) is 1.59. The molecule has 0 spiro atoms. The molecule has 0 aromatic heterocycles. The first-order valence-corrected chi connectivity index (χ1v) is 7.15. The molecule has 0 atom stereocenters. The van der Waals surface area contributed by atoms with Gasteiger partial charge in [-0.15, -0.1) is 0 Å². The lowest BCUT2D eigenvalue weighted by Gasteiger charge is -2.36. The fourth-order valence-electron chi connectivity index (χ4n) is 3.22. The van der Waals surface area contributed by atoms with Crippen molar-refractivity contribution in [2.24, 2.45) is 5.73 Å². The average Bonchev–Trinajstić information content (AvgIpc) is 2.38. The normalized spacial score (nSPS) is 18.6. The van der Waals surface area contributed by atoms with Gasteiger partial charge >= 0.3 is 0 Å². The molecule has 0 amide bonds. The number of halogens is 1. The zero-order valence-electron chi connectivity index (χ0n) is 12.1. The van der Waals surface area contributed by atoms with Crippen LogP contribution >= 0.6 is 0 Å². The Morgan fingerprint density at radius 3 is 2.37 bits per heavy atom. The highest BCUT2D eigenvalue weighted by atomic mass is 19.1. The summed E-state index contributed by atoms with van der Waals surface area (Å²) in [5.74, 6) is 0.639. The molecule has 0 unspecified atom stereocenters. The van der Waals surface area contributed by atoms with Crippen LogP contribution in [0, 0.1) is 5.82 Å². The number of rotatable bonds is 3. The van der Waals surface area contributed by atoms with Gasteiger partial charge in [0.05, 0.1) is 7.11 Å². The van der Waals surface area contributed by atoms with Crippen LogP contribution in [0.1, 0.15) is 63.0 Å². The van der Waals surface area contributed by atoms with E-state index in [0.717, 1.165) is 36.8 Å². The van der Waals surface area contributed by atoms with Crippen molar-refractivity contribution in [3.63, 3.8) is 0 Å². The van der Waals surface area contributed by atoms with Crippen LogP contribution in [0.4, 0.5) is 4.39 Å². The molecule has 0 saturated heterocycles. The molecule has 2 nitrogen and oxygen atoms in total. The van der Waals surface area contributed by atoms with E-state index in [-0.39, 0.29) is 11.7 Å². The Balaban J connectivity index is 2.56. The molecular formula is C16H24FNO. The molecule has 1 aliphatic carbocycles. The van der Waals surface area contributed by atoms with Gasteiger partial charge in [0, 0.05) is 17.2 Å². The van der Waals surface area contributed by atoms with Gasteiger partial charge in [-0.2, -0.15) is 0 Å². The molecule has 0 heterocycles. The lowest BCUT2D eigenvalue weighted by Crippen LogP contribution is -2.39. The van der Waals surface area contributed by atoms with Crippen molar-refractivity contribution in [3.8, 4) is 5.75 Å².